The normalized spacial score (nSPS) is 9.67. The van der Waals surface area contributed by atoms with Gasteiger partial charge in [-0.2, -0.15) is 0 Å². The Kier molecular flexibility index (Phi) is 5.97. The van der Waals surface area contributed by atoms with E-state index in [1.54, 1.807) is 13.2 Å². The van der Waals surface area contributed by atoms with Crippen LogP contribution in [0.4, 0.5) is 5.69 Å². The van der Waals surface area contributed by atoms with E-state index in [0.717, 1.165) is 12.2 Å². The van der Waals surface area contributed by atoms with E-state index in [4.69, 9.17) is 4.74 Å². The minimum atomic E-state index is 0. The largest absolute Gasteiger partial charge is 0.496 e. The number of hydrogen-bond donors (Lipinski definition) is 1. The van der Waals surface area contributed by atoms with Crippen LogP contribution in [-0.2, 0) is 6.54 Å². The fourth-order valence-corrected chi connectivity index (χ4v) is 2.10. The SMILES string of the molecule is C.COc1cc(NCc2ccccc2C)ccc1C(C)=O. The number of hydrogen-bond acceptors (Lipinski definition) is 3. The van der Waals surface area contributed by atoms with E-state index in [2.05, 4.69) is 24.4 Å². The molecule has 0 aliphatic carbocycles. The molecule has 0 saturated heterocycles. The maximum Gasteiger partial charge on any atom is 0.163 e. The minimum absolute atomic E-state index is 0. The third-order valence-corrected chi connectivity index (χ3v) is 3.33. The van der Waals surface area contributed by atoms with Crippen LogP contribution in [0.2, 0.25) is 0 Å². The lowest BCUT2D eigenvalue weighted by Gasteiger charge is -2.12. The highest BCUT2D eigenvalue weighted by molar-refractivity contribution is 5.97. The van der Waals surface area contributed by atoms with E-state index < -0.39 is 0 Å². The molecule has 0 fully saturated rings. The molecule has 2 aromatic carbocycles. The minimum Gasteiger partial charge on any atom is -0.496 e. The molecule has 0 saturated carbocycles. The van der Waals surface area contributed by atoms with Crippen LogP contribution in [0.5, 0.6) is 5.75 Å². The molecular weight excluding hydrogens is 262 g/mol. The lowest BCUT2D eigenvalue weighted by Crippen LogP contribution is -2.03. The van der Waals surface area contributed by atoms with Crippen molar-refractivity contribution in [1.82, 2.24) is 0 Å². The maximum absolute atomic E-state index is 11.5. The molecule has 2 rings (SSSR count). The quantitative estimate of drug-likeness (QED) is 0.825. The molecule has 0 unspecified atom stereocenters. The summed E-state index contributed by atoms with van der Waals surface area (Å²) in [6.45, 7) is 4.38. The van der Waals surface area contributed by atoms with Crippen molar-refractivity contribution in [3.63, 3.8) is 0 Å². The van der Waals surface area contributed by atoms with E-state index in [1.165, 1.54) is 18.1 Å². The molecular formula is C18H23NO2. The Balaban J connectivity index is 0.00000220. The standard InChI is InChI=1S/C17H19NO2.CH4/c1-12-6-4-5-7-14(12)11-18-15-8-9-16(13(2)19)17(10-15)20-3;/h4-10,18H,11H2,1-3H3;1H4. The Hall–Kier alpha value is -2.29. The lowest BCUT2D eigenvalue weighted by atomic mass is 10.1. The molecule has 0 spiro atoms. The van der Waals surface area contributed by atoms with Gasteiger partial charge in [0.05, 0.1) is 12.7 Å². The summed E-state index contributed by atoms with van der Waals surface area (Å²) >= 11 is 0. The second-order valence-corrected chi connectivity index (χ2v) is 4.75. The predicted molar refractivity (Wildman–Crippen MR) is 88.2 cm³/mol. The summed E-state index contributed by atoms with van der Waals surface area (Å²) in [6, 6.07) is 13.8. The van der Waals surface area contributed by atoms with Crippen molar-refractivity contribution in [3.8, 4) is 5.75 Å². The van der Waals surface area contributed by atoms with Crippen molar-refractivity contribution < 1.29 is 9.53 Å². The molecule has 0 atom stereocenters. The van der Waals surface area contributed by atoms with Crippen LogP contribution in [0, 0.1) is 6.92 Å². The van der Waals surface area contributed by atoms with Crippen molar-refractivity contribution in [2.75, 3.05) is 12.4 Å². The van der Waals surface area contributed by atoms with Crippen LogP contribution in [0.1, 0.15) is 35.8 Å². The fraction of sp³-hybridized carbons (Fsp3) is 0.278. The van der Waals surface area contributed by atoms with Crippen LogP contribution in [0.25, 0.3) is 0 Å². The third kappa shape index (κ3) is 4.09. The van der Waals surface area contributed by atoms with Crippen LogP contribution < -0.4 is 10.1 Å². The highest BCUT2D eigenvalue weighted by atomic mass is 16.5. The molecule has 21 heavy (non-hydrogen) atoms. The molecule has 112 valence electrons. The van der Waals surface area contributed by atoms with E-state index in [9.17, 15) is 4.79 Å². The Bertz CT molecular complexity index is 620. The number of Topliss-reactive ketones (excluding diaryl/α,β-unsaturated/α-hetero) is 1. The molecule has 0 aliphatic rings. The lowest BCUT2D eigenvalue weighted by molar-refractivity contribution is 0.101. The first-order valence-corrected chi connectivity index (χ1v) is 6.59. The topological polar surface area (TPSA) is 38.3 Å². The predicted octanol–water partition coefficient (Wildman–Crippen LogP) is 4.45. The average Bonchev–Trinajstić information content (AvgIpc) is 2.46. The maximum atomic E-state index is 11.5. The van der Waals surface area contributed by atoms with Gasteiger partial charge in [-0.3, -0.25) is 4.79 Å². The molecule has 3 heteroatoms. The Morgan fingerprint density at radius 1 is 1.19 bits per heavy atom. The number of ketones is 1. The Morgan fingerprint density at radius 2 is 1.90 bits per heavy atom. The van der Waals surface area contributed by atoms with Gasteiger partial charge >= 0.3 is 0 Å². The van der Waals surface area contributed by atoms with Crippen molar-refractivity contribution in [2.45, 2.75) is 27.8 Å². The van der Waals surface area contributed by atoms with Crippen LogP contribution in [-0.4, -0.2) is 12.9 Å². The van der Waals surface area contributed by atoms with Crippen molar-refractivity contribution >= 4 is 11.5 Å². The summed E-state index contributed by atoms with van der Waals surface area (Å²) in [5.41, 5.74) is 4.05. The second kappa shape index (κ2) is 7.48. The van der Waals surface area contributed by atoms with E-state index in [0.29, 0.717) is 11.3 Å². The zero-order valence-corrected chi connectivity index (χ0v) is 12.1. The summed E-state index contributed by atoms with van der Waals surface area (Å²) in [5.74, 6) is 0.611. The van der Waals surface area contributed by atoms with Gasteiger partial charge in [-0.05, 0) is 37.1 Å². The number of benzene rings is 2. The highest BCUT2D eigenvalue weighted by Gasteiger charge is 2.08. The monoisotopic (exact) mass is 285 g/mol. The van der Waals surface area contributed by atoms with Crippen LogP contribution in [0.15, 0.2) is 42.5 Å². The van der Waals surface area contributed by atoms with Crippen LogP contribution >= 0.6 is 0 Å². The second-order valence-electron chi connectivity index (χ2n) is 4.75. The molecule has 0 aromatic heterocycles. The summed E-state index contributed by atoms with van der Waals surface area (Å²) in [7, 11) is 1.58. The van der Waals surface area contributed by atoms with Crippen molar-refractivity contribution in [3.05, 3.63) is 59.2 Å². The van der Waals surface area contributed by atoms with Gasteiger partial charge in [0.1, 0.15) is 5.75 Å². The van der Waals surface area contributed by atoms with Crippen molar-refractivity contribution in [2.24, 2.45) is 0 Å². The van der Waals surface area contributed by atoms with Gasteiger partial charge in [0.25, 0.3) is 0 Å². The Labute approximate surface area is 127 Å². The van der Waals surface area contributed by atoms with Gasteiger partial charge in [0.2, 0.25) is 0 Å². The number of aryl methyl sites for hydroxylation is 1. The molecule has 3 nitrogen and oxygen atoms in total. The molecule has 1 N–H and O–H groups in total. The zero-order chi connectivity index (χ0) is 14.5. The van der Waals surface area contributed by atoms with E-state index in [1.807, 2.05) is 24.3 Å². The Morgan fingerprint density at radius 3 is 2.52 bits per heavy atom. The highest BCUT2D eigenvalue weighted by Crippen LogP contribution is 2.24. The fourth-order valence-electron chi connectivity index (χ4n) is 2.10. The summed E-state index contributed by atoms with van der Waals surface area (Å²) in [6.07, 6.45) is 0. The number of carbonyl (C=O) groups excluding carboxylic acids is 1. The van der Waals surface area contributed by atoms with E-state index >= 15 is 0 Å². The molecule has 0 amide bonds. The third-order valence-electron chi connectivity index (χ3n) is 3.33. The number of rotatable bonds is 5. The molecule has 0 heterocycles. The van der Waals surface area contributed by atoms with Gasteiger partial charge in [-0.1, -0.05) is 31.7 Å². The molecule has 2 aromatic rings. The summed E-state index contributed by atoms with van der Waals surface area (Å²) in [4.78, 5) is 11.5. The summed E-state index contributed by atoms with van der Waals surface area (Å²) in [5, 5.41) is 3.35. The smallest absolute Gasteiger partial charge is 0.163 e. The number of carbonyl (C=O) groups is 1. The molecule has 0 bridgehead atoms. The first-order chi connectivity index (χ1) is 9.61. The number of nitrogens with one attached hydrogen (secondary N) is 1. The number of anilines is 1. The number of ether oxygens (including phenoxy) is 1. The van der Waals surface area contributed by atoms with Gasteiger partial charge in [0.15, 0.2) is 5.78 Å². The molecule has 0 radical (unpaired) electrons. The van der Waals surface area contributed by atoms with Gasteiger partial charge in [0, 0.05) is 18.3 Å². The average molecular weight is 285 g/mol. The van der Waals surface area contributed by atoms with Gasteiger partial charge < -0.3 is 10.1 Å². The van der Waals surface area contributed by atoms with Gasteiger partial charge in [-0.25, -0.2) is 0 Å². The summed E-state index contributed by atoms with van der Waals surface area (Å²) < 4.78 is 5.26. The van der Waals surface area contributed by atoms with Crippen LogP contribution in [0.3, 0.4) is 0 Å². The first-order valence-electron chi connectivity index (χ1n) is 6.59. The molecule has 0 aliphatic heterocycles. The van der Waals surface area contributed by atoms with Crippen molar-refractivity contribution in [1.29, 1.82) is 0 Å². The first kappa shape index (κ1) is 16.8. The van der Waals surface area contributed by atoms with Gasteiger partial charge in [-0.15, -0.1) is 0 Å². The number of methoxy groups -OCH3 is 1. The van der Waals surface area contributed by atoms with E-state index in [-0.39, 0.29) is 13.2 Å². The zero-order valence-electron chi connectivity index (χ0n) is 12.1.